The van der Waals surface area contributed by atoms with Gasteiger partial charge in [0.15, 0.2) is 11.5 Å². The zero-order chi connectivity index (χ0) is 24.2. The molecule has 11 nitrogen and oxygen atoms in total. The van der Waals surface area contributed by atoms with Crippen molar-refractivity contribution in [2.75, 3.05) is 5.32 Å². The van der Waals surface area contributed by atoms with Crippen LogP contribution in [0.3, 0.4) is 0 Å². The van der Waals surface area contributed by atoms with Gasteiger partial charge in [0.2, 0.25) is 6.41 Å². The summed E-state index contributed by atoms with van der Waals surface area (Å²) < 4.78 is 0. The molecule has 2 aromatic rings. The number of aromatic nitrogens is 1. The molecule has 3 atom stereocenters. The Morgan fingerprint density at radius 1 is 1.21 bits per heavy atom. The number of para-hydroxylation sites is 1. The molecule has 4 rings (SSSR count). The van der Waals surface area contributed by atoms with Crippen molar-refractivity contribution in [1.29, 1.82) is 0 Å². The fraction of sp³-hybridized carbons (Fsp3) is 0.182. The largest absolute Gasteiger partial charge is 0.477 e. The van der Waals surface area contributed by atoms with Crippen LogP contribution in [0.2, 0.25) is 0 Å². The third kappa shape index (κ3) is 4.62. The predicted molar refractivity (Wildman–Crippen MR) is 123 cm³/mol. The van der Waals surface area contributed by atoms with Crippen LogP contribution >= 0.6 is 11.8 Å². The summed E-state index contributed by atoms with van der Waals surface area (Å²) in [7, 11) is 0. The number of amides is 3. The Morgan fingerprint density at radius 3 is 2.68 bits per heavy atom. The molecule has 2 aliphatic heterocycles. The van der Waals surface area contributed by atoms with Crippen molar-refractivity contribution in [3.8, 4) is 5.75 Å². The topological polar surface area (TPSA) is 150 Å². The van der Waals surface area contributed by atoms with Gasteiger partial charge in [-0.2, -0.15) is 0 Å². The fourth-order valence-corrected chi connectivity index (χ4v) is 4.76. The lowest BCUT2D eigenvalue weighted by Gasteiger charge is -2.49. The van der Waals surface area contributed by atoms with Crippen LogP contribution in [0, 0.1) is 0 Å². The molecule has 3 N–H and O–H groups in total. The third-order valence-electron chi connectivity index (χ3n) is 4.95. The van der Waals surface area contributed by atoms with Crippen molar-refractivity contribution in [2.45, 2.75) is 23.6 Å². The minimum Gasteiger partial charge on any atom is -0.477 e. The second kappa shape index (κ2) is 9.75. The first-order valence-corrected chi connectivity index (χ1v) is 11.1. The van der Waals surface area contributed by atoms with Crippen molar-refractivity contribution in [2.24, 2.45) is 5.16 Å². The Kier molecular flexibility index (Phi) is 6.59. The maximum Gasteiger partial charge on any atom is 0.352 e. The van der Waals surface area contributed by atoms with Crippen molar-refractivity contribution < 1.29 is 29.1 Å². The van der Waals surface area contributed by atoms with E-state index in [9.17, 15) is 24.3 Å². The van der Waals surface area contributed by atoms with Gasteiger partial charge in [0.1, 0.15) is 28.6 Å². The summed E-state index contributed by atoms with van der Waals surface area (Å²) in [4.78, 5) is 58.9. The molecule has 2 unspecified atom stereocenters. The highest BCUT2D eigenvalue weighted by atomic mass is 32.2. The number of benzene rings is 1. The van der Waals surface area contributed by atoms with Crippen LogP contribution in [0.5, 0.6) is 5.75 Å². The molecule has 0 radical (unpaired) electrons. The zero-order valence-electron chi connectivity index (χ0n) is 17.7. The Morgan fingerprint density at radius 2 is 1.97 bits per heavy atom. The number of rotatable bonds is 8. The average molecular weight is 481 g/mol. The normalized spacial score (nSPS) is 21.5. The number of oxime groups is 1. The number of carboxylic acids is 1. The monoisotopic (exact) mass is 481 g/mol. The molecule has 1 fully saturated rings. The maximum atomic E-state index is 13.2. The molecular formula is C22H19N5O6S. The molecule has 1 aromatic heterocycles. The van der Waals surface area contributed by atoms with Crippen LogP contribution in [0.1, 0.15) is 12.6 Å². The number of thioether (sulfide) groups is 1. The first-order chi connectivity index (χ1) is 16.4. The minimum absolute atomic E-state index is 0.0969. The quantitative estimate of drug-likeness (QED) is 0.220. The van der Waals surface area contributed by atoms with E-state index in [4.69, 9.17) is 4.84 Å². The number of nitrogens with one attached hydrogen (secondary N) is 2. The molecule has 12 heteroatoms. The van der Waals surface area contributed by atoms with Gasteiger partial charge in [-0.3, -0.25) is 19.3 Å². The Labute approximate surface area is 197 Å². The van der Waals surface area contributed by atoms with Gasteiger partial charge in [-0.1, -0.05) is 29.4 Å². The molecule has 1 aromatic carbocycles. The number of hydrogen-bond donors (Lipinski definition) is 3. The maximum absolute atomic E-state index is 13.2. The fourth-order valence-electron chi connectivity index (χ4n) is 3.43. The molecule has 0 saturated carbocycles. The van der Waals surface area contributed by atoms with E-state index in [-0.39, 0.29) is 28.2 Å². The van der Waals surface area contributed by atoms with Crippen molar-refractivity contribution in [3.05, 3.63) is 66.0 Å². The second-order valence-corrected chi connectivity index (χ2v) is 8.76. The number of carboxylic acid groups (broad SMARTS) is 1. The molecule has 1 saturated heterocycles. The highest BCUT2D eigenvalue weighted by Crippen LogP contribution is 2.40. The van der Waals surface area contributed by atoms with Gasteiger partial charge < -0.3 is 20.6 Å². The zero-order valence-corrected chi connectivity index (χ0v) is 18.6. The third-order valence-corrected chi connectivity index (χ3v) is 6.28. The number of hydrogen-bond acceptors (Lipinski definition) is 8. The molecular weight excluding hydrogens is 462 g/mol. The molecule has 174 valence electrons. The molecule has 2 aliphatic rings. The van der Waals surface area contributed by atoms with Crippen molar-refractivity contribution in [1.82, 2.24) is 15.2 Å². The molecule has 3 amide bonds. The summed E-state index contributed by atoms with van der Waals surface area (Å²) in [5.41, 5.74) is -0.241. The van der Waals surface area contributed by atoms with Gasteiger partial charge in [0.25, 0.3) is 11.8 Å². The lowest BCUT2D eigenvalue weighted by Crippen LogP contribution is -2.71. The summed E-state index contributed by atoms with van der Waals surface area (Å²) in [5, 5.41) is 17.6. The number of carbonyl (C=O) groups is 4. The number of fused-ring (bicyclic) bond motifs is 1. The van der Waals surface area contributed by atoms with Gasteiger partial charge in [-0.05, 0) is 37.3 Å². The minimum atomic E-state index is -1.21. The van der Waals surface area contributed by atoms with Gasteiger partial charge in [-0.25, -0.2) is 9.78 Å². The van der Waals surface area contributed by atoms with E-state index in [0.717, 1.165) is 4.90 Å². The van der Waals surface area contributed by atoms with Gasteiger partial charge >= 0.3 is 5.97 Å². The molecule has 34 heavy (non-hydrogen) atoms. The lowest BCUT2D eigenvalue weighted by atomic mass is 10.0. The molecule has 0 spiro atoms. The van der Waals surface area contributed by atoms with E-state index in [2.05, 4.69) is 20.8 Å². The number of β-lactam (4-membered cyclic amide) rings is 1. The summed E-state index contributed by atoms with van der Waals surface area (Å²) in [5.74, 6) is -1.94. The SMILES string of the molecule is CC1C=C(C(=O)O)N2C(=O)C(NC(=O)/C(=N/Oc3ccccc3)c3cccc(NC=O)n3)[C@H]2S1. The van der Waals surface area contributed by atoms with Crippen molar-refractivity contribution in [3.63, 3.8) is 0 Å². The van der Waals surface area contributed by atoms with Crippen LogP contribution in [-0.2, 0) is 19.2 Å². The predicted octanol–water partition coefficient (Wildman–Crippen LogP) is 1.19. The van der Waals surface area contributed by atoms with Gasteiger partial charge in [-0.15, -0.1) is 11.8 Å². The first-order valence-electron chi connectivity index (χ1n) is 10.1. The summed E-state index contributed by atoms with van der Waals surface area (Å²) in [6, 6.07) is 12.2. The van der Waals surface area contributed by atoms with Gasteiger partial charge in [0, 0.05) is 5.25 Å². The van der Waals surface area contributed by atoms with E-state index in [0.29, 0.717) is 12.2 Å². The molecule has 0 bridgehead atoms. The van der Waals surface area contributed by atoms with E-state index >= 15 is 0 Å². The van der Waals surface area contributed by atoms with Crippen LogP contribution in [0.15, 0.2) is 65.5 Å². The van der Waals surface area contributed by atoms with Gasteiger partial charge in [0.05, 0.1) is 0 Å². The molecule has 0 aliphatic carbocycles. The lowest BCUT2D eigenvalue weighted by molar-refractivity contribution is -0.150. The van der Waals surface area contributed by atoms with Crippen LogP contribution in [0.4, 0.5) is 5.82 Å². The molecule has 3 heterocycles. The highest BCUT2D eigenvalue weighted by molar-refractivity contribution is 8.00. The van der Waals surface area contributed by atoms with E-state index in [1.54, 1.807) is 36.4 Å². The number of aliphatic carboxylic acids is 1. The number of carbonyl (C=O) groups excluding carboxylic acids is 3. The summed E-state index contributed by atoms with van der Waals surface area (Å²) in [6.45, 7) is 1.81. The summed E-state index contributed by atoms with van der Waals surface area (Å²) in [6.07, 6.45) is 1.94. The van der Waals surface area contributed by atoms with E-state index in [1.165, 1.54) is 30.0 Å². The Hall–Kier alpha value is -4.19. The van der Waals surface area contributed by atoms with E-state index < -0.39 is 29.2 Å². The average Bonchev–Trinajstić information content (AvgIpc) is 2.83. The smallest absolute Gasteiger partial charge is 0.352 e. The van der Waals surface area contributed by atoms with Crippen LogP contribution < -0.4 is 15.5 Å². The number of anilines is 1. The Bertz CT molecular complexity index is 1200. The first kappa shape index (κ1) is 23.0. The number of pyridine rings is 1. The van der Waals surface area contributed by atoms with E-state index in [1.807, 2.05) is 6.92 Å². The summed E-state index contributed by atoms with van der Waals surface area (Å²) >= 11 is 1.35. The van der Waals surface area contributed by atoms with Crippen molar-refractivity contribution >= 4 is 47.5 Å². The number of nitrogens with zero attached hydrogens (tertiary/aromatic N) is 3. The van der Waals surface area contributed by atoms with Crippen LogP contribution in [0.25, 0.3) is 0 Å². The standard InChI is InChI=1S/C22H19N5O6S/c1-12-10-15(22(31)32)27-20(30)18(21(27)34-12)25-19(29)17(26-33-13-6-3-2-4-7-13)14-8-5-9-16(24-14)23-11-28/h2-12,18,21H,1H3,(H,25,29)(H,31,32)(H,23,24,28)/b26-17+/t12?,18?,21-/m1/s1. The van der Waals surface area contributed by atoms with Crippen LogP contribution in [-0.4, -0.2) is 61.6 Å². The second-order valence-electron chi connectivity index (χ2n) is 7.26. The highest BCUT2D eigenvalue weighted by Gasteiger charge is 2.54. The Balaban J connectivity index is 1.59.